The van der Waals surface area contributed by atoms with Gasteiger partial charge in [-0.2, -0.15) is 0 Å². The molecule has 1 aromatic heterocycles. The number of aryl methyl sites for hydroxylation is 1. The van der Waals surface area contributed by atoms with Crippen molar-refractivity contribution in [2.24, 2.45) is 0 Å². The lowest BCUT2D eigenvalue weighted by Gasteiger charge is -2.20. The standard InChI is InChI=1S/C27H28ClN3O2/c1-17-14-20(18(2)31(17)22-12-10-21(11-13-22)27(3,4)5)15-24-25(32)30(26(33)29-24)16-19-8-6-7-9-23(19)28/h6-15H,16H2,1-5H3,(H,29,33). The lowest BCUT2D eigenvalue weighted by Crippen LogP contribution is -2.30. The smallest absolute Gasteiger partial charge is 0.318 e. The summed E-state index contributed by atoms with van der Waals surface area (Å²) in [5.74, 6) is -0.362. The van der Waals surface area contributed by atoms with E-state index in [9.17, 15) is 9.59 Å². The molecule has 5 nitrogen and oxygen atoms in total. The van der Waals surface area contributed by atoms with Crippen molar-refractivity contribution in [2.75, 3.05) is 0 Å². The van der Waals surface area contributed by atoms with Gasteiger partial charge in [0.05, 0.1) is 6.54 Å². The predicted octanol–water partition coefficient (Wildman–Crippen LogP) is 6.14. The number of halogens is 1. The van der Waals surface area contributed by atoms with Gasteiger partial charge in [0.25, 0.3) is 5.91 Å². The zero-order chi connectivity index (χ0) is 23.9. The van der Waals surface area contributed by atoms with Gasteiger partial charge in [0.1, 0.15) is 5.70 Å². The minimum Gasteiger partial charge on any atom is -0.318 e. The molecule has 1 saturated heterocycles. The Balaban J connectivity index is 1.62. The highest BCUT2D eigenvalue weighted by molar-refractivity contribution is 6.31. The molecule has 1 aliphatic heterocycles. The summed E-state index contributed by atoms with van der Waals surface area (Å²) in [5.41, 5.74) is 6.33. The van der Waals surface area contributed by atoms with Gasteiger partial charge in [0, 0.05) is 22.1 Å². The van der Waals surface area contributed by atoms with Crippen LogP contribution in [-0.4, -0.2) is 21.4 Å². The van der Waals surface area contributed by atoms with E-state index >= 15 is 0 Å². The number of benzene rings is 2. The molecule has 1 aliphatic rings. The summed E-state index contributed by atoms with van der Waals surface area (Å²) in [6, 6.07) is 17.3. The summed E-state index contributed by atoms with van der Waals surface area (Å²) in [6.07, 6.45) is 1.75. The molecule has 3 aromatic rings. The first kappa shape index (κ1) is 22.9. The Morgan fingerprint density at radius 1 is 1.00 bits per heavy atom. The van der Waals surface area contributed by atoms with Crippen LogP contribution in [0.4, 0.5) is 4.79 Å². The molecule has 2 aromatic carbocycles. The maximum Gasteiger partial charge on any atom is 0.329 e. The quantitative estimate of drug-likeness (QED) is 0.375. The van der Waals surface area contributed by atoms with Crippen molar-refractivity contribution in [3.8, 4) is 5.69 Å². The summed E-state index contributed by atoms with van der Waals surface area (Å²) in [6.45, 7) is 10.8. The topological polar surface area (TPSA) is 54.3 Å². The lowest BCUT2D eigenvalue weighted by molar-refractivity contribution is -0.123. The van der Waals surface area contributed by atoms with Crippen molar-refractivity contribution in [3.05, 3.63) is 93.4 Å². The van der Waals surface area contributed by atoms with Gasteiger partial charge in [-0.1, -0.05) is 62.7 Å². The number of carbonyl (C=O) groups is 2. The Morgan fingerprint density at radius 3 is 2.30 bits per heavy atom. The van der Waals surface area contributed by atoms with Crippen LogP contribution in [0.3, 0.4) is 0 Å². The molecule has 3 amide bonds. The molecule has 0 radical (unpaired) electrons. The SMILES string of the molecule is Cc1cc(C=C2NC(=O)N(Cc3ccccc3Cl)C2=O)c(C)n1-c1ccc(C(C)(C)C)cc1. The number of aromatic nitrogens is 1. The average molecular weight is 462 g/mol. The molecule has 2 heterocycles. The number of amides is 3. The molecule has 1 N–H and O–H groups in total. The molecule has 0 unspecified atom stereocenters. The van der Waals surface area contributed by atoms with Crippen LogP contribution in [-0.2, 0) is 16.8 Å². The zero-order valence-electron chi connectivity index (χ0n) is 19.6. The summed E-state index contributed by atoms with van der Waals surface area (Å²) >= 11 is 6.21. The molecular weight excluding hydrogens is 434 g/mol. The van der Waals surface area contributed by atoms with E-state index in [4.69, 9.17) is 11.6 Å². The van der Waals surface area contributed by atoms with Crippen LogP contribution >= 0.6 is 11.6 Å². The maximum absolute atomic E-state index is 13.0. The van der Waals surface area contributed by atoms with Gasteiger partial charge in [-0.05, 0) is 66.3 Å². The van der Waals surface area contributed by atoms with Crippen molar-refractivity contribution in [1.29, 1.82) is 0 Å². The van der Waals surface area contributed by atoms with Crippen LogP contribution in [0.25, 0.3) is 11.8 Å². The van der Waals surface area contributed by atoms with Crippen LogP contribution in [0.1, 0.15) is 48.8 Å². The molecule has 4 rings (SSSR count). The molecule has 0 spiro atoms. The second-order valence-electron chi connectivity index (χ2n) is 9.43. The van der Waals surface area contributed by atoms with Crippen LogP contribution in [0, 0.1) is 13.8 Å². The summed E-state index contributed by atoms with van der Waals surface area (Å²) in [7, 11) is 0. The van der Waals surface area contributed by atoms with Crippen LogP contribution in [0.5, 0.6) is 0 Å². The minimum atomic E-state index is -0.447. The Labute approximate surface area is 199 Å². The summed E-state index contributed by atoms with van der Waals surface area (Å²) < 4.78 is 2.15. The van der Waals surface area contributed by atoms with Crippen molar-refractivity contribution in [1.82, 2.24) is 14.8 Å². The number of hydrogen-bond donors (Lipinski definition) is 1. The number of imide groups is 1. The van der Waals surface area contributed by atoms with Crippen LogP contribution in [0.2, 0.25) is 5.02 Å². The monoisotopic (exact) mass is 461 g/mol. The van der Waals surface area contributed by atoms with Gasteiger partial charge in [0.2, 0.25) is 0 Å². The van der Waals surface area contributed by atoms with Crippen molar-refractivity contribution in [3.63, 3.8) is 0 Å². The highest BCUT2D eigenvalue weighted by atomic mass is 35.5. The highest BCUT2D eigenvalue weighted by Crippen LogP contribution is 2.27. The van der Waals surface area contributed by atoms with Gasteiger partial charge in [-0.25, -0.2) is 4.79 Å². The van der Waals surface area contributed by atoms with E-state index in [0.717, 1.165) is 28.2 Å². The normalized spacial score (nSPS) is 15.5. The number of urea groups is 1. The van der Waals surface area contributed by atoms with Gasteiger partial charge < -0.3 is 9.88 Å². The van der Waals surface area contributed by atoms with Gasteiger partial charge in [0.15, 0.2) is 0 Å². The first-order valence-electron chi connectivity index (χ1n) is 10.9. The molecule has 0 aliphatic carbocycles. The van der Waals surface area contributed by atoms with Crippen molar-refractivity contribution in [2.45, 2.75) is 46.6 Å². The van der Waals surface area contributed by atoms with Gasteiger partial charge in [-0.3, -0.25) is 9.69 Å². The number of nitrogens with one attached hydrogen (secondary N) is 1. The number of rotatable bonds is 4. The molecule has 0 saturated carbocycles. The molecule has 6 heteroatoms. The van der Waals surface area contributed by atoms with Gasteiger partial charge in [-0.15, -0.1) is 0 Å². The number of carbonyl (C=O) groups excluding carboxylic acids is 2. The van der Waals surface area contributed by atoms with Crippen LogP contribution in [0.15, 0.2) is 60.3 Å². The Hall–Kier alpha value is -3.31. The third kappa shape index (κ3) is 4.46. The van der Waals surface area contributed by atoms with E-state index < -0.39 is 6.03 Å². The summed E-state index contributed by atoms with van der Waals surface area (Å²) in [5, 5.41) is 3.23. The van der Waals surface area contributed by atoms with E-state index in [1.165, 1.54) is 10.5 Å². The largest absolute Gasteiger partial charge is 0.329 e. The fraction of sp³-hybridized carbons (Fsp3) is 0.259. The Morgan fingerprint density at radius 2 is 1.67 bits per heavy atom. The number of nitrogens with zero attached hydrogens (tertiary/aromatic N) is 2. The predicted molar refractivity (Wildman–Crippen MR) is 132 cm³/mol. The zero-order valence-corrected chi connectivity index (χ0v) is 20.3. The van der Waals surface area contributed by atoms with E-state index in [2.05, 4.69) is 54.9 Å². The summed E-state index contributed by atoms with van der Waals surface area (Å²) in [4.78, 5) is 26.6. The molecule has 0 bridgehead atoms. The Bertz CT molecular complexity index is 1260. The van der Waals surface area contributed by atoms with Crippen molar-refractivity contribution < 1.29 is 9.59 Å². The fourth-order valence-electron chi connectivity index (χ4n) is 4.11. The minimum absolute atomic E-state index is 0.0891. The van der Waals surface area contributed by atoms with E-state index in [1.807, 2.05) is 38.1 Å². The van der Waals surface area contributed by atoms with Crippen LogP contribution < -0.4 is 5.32 Å². The Kier molecular flexibility index (Phi) is 5.93. The second-order valence-corrected chi connectivity index (χ2v) is 9.84. The fourth-order valence-corrected chi connectivity index (χ4v) is 4.30. The lowest BCUT2D eigenvalue weighted by atomic mass is 9.87. The first-order valence-corrected chi connectivity index (χ1v) is 11.3. The first-order chi connectivity index (χ1) is 15.6. The maximum atomic E-state index is 13.0. The van der Waals surface area contributed by atoms with E-state index in [-0.39, 0.29) is 23.6 Å². The molecule has 170 valence electrons. The molecule has 33 heavy (non-hydrogen) atoms. The van der Waals surface area contributed by atoms with E-state index in [0.29, 0.717) is 5.02 Å². The molecular formula is C27H28ClN3O2. The number of hydrogen-bond acceptors (Lipinski definition) is 2. The molecule has 1 fully saturated rings. The third-order valence-corrected chi connectivity index (χ3v) is 6.38. The second kappa shape index (κ2) is 8.56. The van der Waals surface area contributed by atoms with Crippen molar-refractivity contribution >= 4 is 29.6 Å². The van der Waals surface area contributed by atoms with Gasteiger partial charge >= 0.3 is 6.03 Å². The molecule has 0 atom stereocenters. The third-order valence-electron chi connectivity index (χ3n) is 6.01. The highest BCUT2D eigenvalue weighted by Gasteiger charge is 2.34. The average Bonchev–Trinajstić information content (AvgIpc) is 3.18. The van der Waals surface area contributed by atoms with E-state index in [1.54, 1.807) is 12.1 Å².